The van der Waals surface area contributed by atoms with Crippen LogP contribution in [0.4, 0.5) is 4.39 Å². The van der Waals surface area contributed by atoms with Gasteiger partial charge in [0.15, 0.2) is 0 Å². The maximum atomic E-state index is 13.8. The number of hydrogen-bond acceptors (Lipinski definition) is 1. The number of carboxylic acid groups (broad SMARTS) is 1. The minimum Gasteiger partial charge on any atom is -0.481 e. The van der Waals surface area contributed by atoms with E-state index in [9.17, 15) is 14.3 Å². The van der Waals surface area contributed by atoms with Crippen molar-refractivity contribution in [3.63, 3.8) is 0 Å². The fourth-order valence-electron chi connectivity index (χ4n) is 2.46. The summed E-state index contributed by atoms with van der Waals surface area (Å²) in [6, 6.07) is 11.4. The van der Waals surface area contributed by atoms with Crippen molar-refractivity contribution in [1.29, 1.82) is 0 Å². The van der Waals surface area contributed by atoms with Crippen LogP contribution >= 0.6 is 11.6 Å². The Hall–Kier alpha value is -1.87. The van der Waals surface area contributed by atoms with Gasteiger partial charge in [-0.15, -0.1) is 0 Å². The monoisotopic (exact) mass is 290 g/mol. The van der Waals surface area contributed by atoms with Gasteiger partial charge < -0.3 is 5.11 Å². The van der Waals surface area contributed by atoms with Crippen LogP contribution < -0.4 is 0 Å². The maximum absolute atomic E-state index is 13.8. The van der Waals surface area contributed by atoms with Crippen molar-refractivity contribution in [1.82, 2.24) is 0 Å². The molecule has 0 amide bonds. The minimum atomic E-state index is -0.827. The molecule has 0 unspecified atom stereocenters. The van der Waals surface area contributed by atoms with E-state index in [0.29, 0.717) is 34.6 Å². The van der Waals surface area contributed by atoms with Crippen molar-refractivity contribution < 1.29 is 14.3 Å². The summed E-state index contributed by atoms with van der Waals surface area (Å²) in [6.45, 7) is 0. The lowest BCUT2D eigenvalue weighted by Gasteiger charge is -2.13. The van der Waals surface area contributed by atoms with Gasteiger partial charge in [-0.1, -0.05) is 41.9 Å². The van der Waals surface area contributed by atoms with Gasteiger partial charge in [-0.25, -0.2) is 4.39 Å². The Morgan fingerprint density at radius 1 is 1.15 bits per heavy atom. The zero-order valence-electron chi connectivity index (χ0n) is 10.6. The molecule has 2 aromatic carbocycles. The molecule has 20 heavy (non-hydrogen) atoms. The van der Waals surface area contributed by atoms with E-state index in [-0.39, 0.29) is 5.82 Å². The molecular weight excluding hydrogens is 279 g/mol. The average Bonchev–Trinajstić information content (AvgIpc) is 3.21. The fraction of sp³-hybridized carbons (Fsp3) is 0.188. The zero-order chi connectivity index (χ0) is 14.3. The summed E-state index contributed by atoms with van der Waals surface area (Å²) in [6.07, 6.45) is 1.25. The highest BCUT2D eigenvalue weighted by Gasteiger charge is 2.51. The summed E-state index contributed by atoms with van der Waals surface area (Å²) < 4.78 is 13.8. The predicted molar refractivity (Wildman–Crippen MR) is 75.4 cm³/mol. The Labute approximate surface area is 120 Å². The average molecular weight is 291 g/mol. The molecule has 0 heterocycles. The summed E-state index contributed by atoms with van der Waals surface area (Å²) in [5, 5.41) is 9.65. The second-order valence-corrected chi connectivity index (χ2v) is 5.47. The molecule has 0 aliphatic heterocycles. The summed E-state index contributed by atoms with van der Waals surface area (Å²) in [5.41, 5.74) is 0.895. The Morgan fingerprint density at radius 3 is 2.40 bits per heavy atom. The summed E-state index contributed by atoms with van der Waals surface area (Å²) in [7, 11) is 0. The molecule has 2 nitrogen and oxygen atoms in total. The van der Waals surface area contributed by atoms with Crippen LogP contribution in [-0.2, 0) is 10.2 Å². The normalized spacial score (nSPS) is 15.9. The Morgan fingerprint density at radius 2 is 1.85 bits per heavy atom. The van der Waals surface area contributed by atoms with E-state index < -0.39 is 11.4 Å². The summed E-state index contributed by atoms with van der Waals surface area (Å²) in [5.74, 6) is -1.17. The van der Waals surface area contributed by atoms with E-state index in [1.165, 1.54) is 6.07 Å². The lowest BCUT2D eigenvalue weighted by molar-refractivity contribution is -0.140. The molecular formula is C16H12ClFO2. The third-order valence-electron chi connectivity index (χ3n) is 3.85. The smallest absolute Gasteiger partial charge is 0.314 e. The van der Waals surface area contributed by atoms with Gasteiger partial charge in [0.1, 0.15) is 5.82 Å². The van der Waals surface area contributed by atoms with Gasteiger partial charge in [0, 0.05) is 16.1 Å². The first-order valence-corrected chi connectivity index (χ1v) is 6.71. The van der Waals surface area contributed by atoms with Crippen LogP contribution in [0.5, 0.6) is 0 Å². The molecule has 1 aliphatic rings. The zero-order valence-corrected chi connectivity index (χ0v) is 11.3. The Bertz CT molecular complexity index is 693. The van der Waals surface area contributed by atoms with Gasteiger partial charge in [0.05, 0.1) is 5.41 Å². The molecule has 102 valence electrons. The lowest BCUT2D eigenvalue weighted by atomic mass is 9.93. The summed E-state index contributed by atoms with van der Waals surface area (Å²) >= 11 is 6.21. The maximum Gasteiger partial charge on any atom is 0.314 e. The van der Waals surface area contributed by atoms with E-state index in [0.717, 1.165) is 0 Å². The molecule has 0 bridgehead atoms. The van der Waals surface area contributed by atoms with Crippen LogP contribution in [0.3, 0.4) is 0 Å². The van der Waals surface area contributed by atoms with Gasteiger partial charge in [-0.3, -0.25) is 4.79 Å². The van der Waals surface area contributed by atoms with Crippen LogP contribution in [-0.4, -0.2) is 11.1 Å². The molecule has 3 rings (SSSR count). The molecule has 1 fully saturated rings. The van der Waals surface area contributed by atoms with Crippen LogP contribution in [0.25, 0.3) is 11.1 Å². The number of rotatable bonds is 3. The van der Waals surface area contributed by atoms with Crippen molar-refractivity contribution >= 4 is 17.6 Å². The SMILES string of the molecule is O=C(O)C1(c2ccc(-c3ccccc3F)c(Cl)c2)CC1. The highest BCUT2D eigenvalue weighted by Crippen LogP contribution is 2.49. The second-order valence-electron chi connectivity index (χ2n) is 5.06. The van der Waals surface area contributed by atoms with E-state index >= 15 is 0 Å². The van der Waals surface area contributed by atoms with E-state index in [2.05, 4.69) is 0 Å². The molecule has 0 spiro atoms. The Kier molecular flexibility index (Phi) is 3.02. The third kappa shape index (κ3) is 1.98. The first kappa shape index (κ1) is 13.1. The van der Waals surface area contributed by atoms with Crippen LogP contribution in [0.2, 0.25) is 5.02 Å². The van der Waals surface area contributed by atoms with Crippen molar-refractivity contribution in [3.8, 4) is 11.1 Å². The van der Waals surface area contributed by atoms with Crippen molar-refractivity contribution in [3.05, 3.63) is 58.9 Å². The van der Waals surface area contributed by atoms with Crippen LogP contribution in [0, 0.1) is 5.82 Å². The van der Waals surface area contributed by atoms with Crippen LogP contribution in [0.15, 0.2) is 42.5 Å². The quantitative estimate of drug-likeness (QED) is 0.917. The third-order valence-corrected chi connectivity index (χ3v) is 4.16. The number of carbonyl (C=O) groups is 1. The topological polar surface area (TPSA) is 37.3 Å². The molecule has 1 saturated carbocycles. The predicted octanol–water partition coefficient (Wildman–Crippen LogP) is 4.26. The van der Waals surface area contributed by atoms with E-state index in [4.69, 9.17) is 11.6 Å². The largest absolute Gasteiger partial charge is 0.481 e. The van der Waals surface area contributed by atoms with Crippen molar-refractivity contribution in [2.75, 3.05) is 0 Å². The fourth-order valence-corrected chi connectivity index (χ4v) is 2.74. The van der Waals surface area contributed by atoms with Crippen molar-refractivity contribution in [2.45, 2.75) is 18.3 Å². The number of benzene rings is 2. The Balaban J connectivity index is 2.05. The number of halogens is 2. The van der Waals surface area contributed by atoms with Gasteiger partial charge in [-0.2, -0.15) is 0 Å². The highest BCUT2D eigenvalue weighted by molar-refractivity contribution is 6.33. The standard InChI is InChI=1S/C16H12ClFO2/c17-13-9-10(16(7-8-16)15(19)20)5-6-11(13)12-3-1-2-4-14(12)18/h1-6,9H,7-8H2,(H,19,20). The number of aliphatic carboxylic acids is 1. The number of carboxylic acids is 1. The minimum absolute atomic E-state index is 0.346. The molecule has 0 atom stereocenters. The first-order chi connectivity index (χ1) is 9.54. The van der Waals surface area contributed by atoms with Crippen molar-refractivity contribution in [2.24, 2.45) is 0 Å². The molecule has 4 heteroatoms. The van der Waals surface area contributed by atoms with Gasteiger partial charge >= 0.3 is 5.97 Å². The molecule has 1 aliphatic carbocycles. The van der Waals surface area contributed by atoms with Gasteiger partial charge in [0.2, 0.25) is 0 Å². The lowest BCUT2D eigenvalue weighted by Crippen LogP contribution is -2.19. The number of hydrogen-bond donors (Lipinski definition) is 1. The van der Waals surface area contributed by atoms with Gasteiger partial charge in [0.25, 0.3) is 0 Å². The highest BCUT2D eigenvalue weighted by atomic mass is 35.5. The molecule has 2 aromatic rings. The summed E-state index contributed by atoms with van der Waals surface area (Å²) in [4.78, 5) is 11.3. The molecule has 0 aromatic heterocycles. The molecule has 0 radical (unpaired) electrons. The second kappa shape index (κ2) is 4.60. The molecule has 0 saturated heterocycles. The first-order valence-electron chi connectivity index (χ1n) is 6.33. The van der Waals surface area contributed by atoms with E-state index in [1.54, 1.807) is 36.4 Å². The van der Waals surface area contributed by atoms with E-state index in [1.807, 2.05) is 0 Å². The van der Waals surface area contributed by atoms with Crippen LogP contribution in [0.1, 0.15) is 18.4 Å². The molecule has 1 N–H and O–H groups in total. The van der Waals surface area contributed by atoms with Gasteiger partial charge in [-0.05, 0) is 30.5 Å².